The molecular weight excluding hydrogens is 498 g/mol. The largest absolute Gasteiger partial charge is 0.523 e. The van der Waals surface area contributed by atoms with Crippen molar-refractivity contribution in [3.05, 3.63) is 0 Å². The van der Waals surface area contributed by atoms with Gasteiger partial charge in [0.25, 0.3) is 0 Å². The molecule has 0 spiro atoms. The van der Waals surface area contributed by atoms with Crippen LogP contribution in [0.15, 0.2) is 0 Å². The van der Waals surface area contributed by atoms with Gasteiger partial charge in [0.2, 0.25) is 0 Å². The van der Waals surface area contributed by atoms with Gasteiger partial charge in [0, 0.05) is 0 Å². The highest BCUT2D eigenvalue weighted by atomic mass is 32.2. The lowest BCUT2D eigenvalue weighted by atomic mass is 10.2. The summed E-state index contributed by atoms with van der Waals surface area (Å²) in [5.74, 6) is 0. The second kappa shape index (κ2) is 11.6. The molecule has 0 unspecified atom stereocenters. The number of hydrogen-bond acceptors (Lipinski definition) is 8. The van der Waals surface area contributed by atoms with Crippen molar-refractivity contribution in [2.24, 2.45) is 0 Å². The first kappa shape index (κ1) is 29.4. The summed E-state index contributed by atoms with van der Waals surface area (Å²) in [6, 6.07) is 0. The van der Waals surface area contributed by atoms with Gasteiger partial charge in [-0.25, -0.2) is 0 Å². The Kier molecular flexibility index (Phi) is 10.7. The molecule has 192 valence electrons. The van der Waals surface area contributed by atoms with Gasteiger partial charge in [-0.1, -0.05) is 13.8 Å². The van der Waals surface area contributed by atoms with Gasteiger partial charge < -0.3 is 9.47 Å². The first-order valence-electron chi connectivity index (χ1n) is 9.74. The van der Waals surface area contributed by atoms with Crippen LogP contribution in [0, 0.1) is 0 Å². The lowest BCUT2D eigenvalue weighted by Crippen LogP contribution is -2.29. The van der Waals surface area contributed by atoms with E-state index in [1.165, 1.54) is 0 Å². The molecule has 0 amide bonds. The van der Waals surface area contributed by atoms with E-state index in [0.29, 0.717) is 12.8 Å². The SMILES string of the molecule is CC[C@@H]1CC[C@@H](COS(=O)(=O)C(F)(F)F)O1.CC[C@@H]1CC[C@H](COS(=O)(=O)C(F)(F)F)O1. The fourth-order valence-electron chi connectivity index (χ4n) is 2.87. The van der Waals surface area contributed by atoms with Gasteiger partial charge in [-0.2, -0.15) is 43.2 Å². The van der Waals surface area contributed by atoms with Gasteiger partial charge in [-0.15, -0.1) is 0 Å². The molecule has 0 aliphatic carbocycles. The van der Waals surface area contributed by atoms with Crippen molar-refractivity contribution in [3.63, 3.8) is 0 Å². The van der Waals surface area contributed by atoms with E-state index in [9.17, 15) is 43.2 Å². The van der Waals surface area contributed by atoms with Crippen molar-refractivity contribution in [1.29, 1.82) is 0 Å². The predicted molar refractivity (Wildman–Crippen MR) is 98.2 cm³/mol. The molecule has 0 bridgehead atoms. The van der Waals surface area contributed by atoms with Gasteiger partial charge in [0.05, 0.1) is 37.6 Å². The summed E-state index contributed by atoms with van der Waals surface area (Å²) in [7, 11) is -11.0. The maximum absolute atomic E-state index is 11.9. The number of hydrogen-bond donors (Lipinski definition) is 0. The zero-order chi connectivity index (χ0) is 24.8. The van der Waals surface area contributed by atoms with Gasteiger partial charge in [-0.3, -0.25) is 8.37 Å². The fraction of sp³-hybridized carbons (Fsp3) is 1.00. The Bertz CT molecular complexity index is 715. The van der Waals surface area contributed by atoms with E-state index in [1.807, 2.05) is 13.8 Å². The summed E-state index contributed by atoms with van der Waals surface area (Å²) in [4.78, 5) is 0. The van der Waals surface area contributed by atoms with Crippen molar-refractivity contribution >= 4 is 20.2 Å². The summed E-state index contributed by atoms with van der Waals surface area (Å²) in [6.45, 7) is 2.64. The topological polar surface area (TPSA) is 105 Å². The molecule has 0 saturated carbocycles. The summed E-state index contributed by atoms with van der Waals surface area (Å²) >= 11 is 0. The number of alkyl halides is 6. The van der Waals surface area contributed by atoms with Crippen molar-refractivity contribution in [2.45, 2.75) is 87.8 Å². The zero-order valence-corrected chi connectivity index (χ0v) is 18.9. The molecule has 2 fully saturated rings. The van der Waals surface area contributed by atoms with Crippen LogP contribution in [0.2, 0.25) is 0 Å². The average molecular weight is 524 g/mol. The van der Waals surface area contributed by atoms with Crippen molar-refractivity contribution in [1.82, 2.24) is 0 Å². The minimum atomic E-state index is -5.49. The van der Waals surface area contributed by atoms with Gasteiger partial charge in [0.15, 0.2) is 0 Å². The van der Waals surface area contributed by atoms with Crippen LogP contribution in [0.4, 0.5) is 26.3 Å². The summed E-state index contributed by atoms with van der Waals surface area (Å²) in [6.07, 6.45) is 2.82. The Labute approximate surface area is 182 Å². The van der Waals surface area contributed by atoms with Crippen LogP contribution in [0.25, 0.3) is 0 Å². The second-order valence-corrected chi connectivity index (χ2v) is 10.3. The maximum atomic E-state index is 11.9. The Morgan fingerprint density at radius 3 is 1.16 bits per heavy atom. The first-order chi connectivity index (χ1) is 14.5. The van der Waals surface area contributed by atoms with E-state index in [-0.39, 0.29) is 12.2 Å². The molecule has 2 rings (SSSR count). The summed E-state index contributed by atoms with van der Waals surface area (Å²) in [5, 5.41) is 0. The van der Waals surface area contributed by atoms with E-state index < -0.39 is 56.7 Å². The van der Waals surface area contributed by atoms with Crippen molar-refractivity contribution < 1.29 is 61.0 Å². The molecule has 0 aromatic rings. The Morgan fingerprint density at radius 2 is 0.938 bits per heavy atom. The highest BCUT2D eigenvalue weighted by molar-refractivity contribution is 7.87. The second-order valence-electron chi connectivity index (χ2n) is 7.10. The predicted octanol–water partition coefficient (Wildman–Crippen LogP) is 3.62. The Hall–Kier alpha value is -0.680. The third kappa shape index (κ3) is 8.93. The molecular formula is C16H26F6O8S2. The molecule has 0 aromatic carbocycles. The van der Waals surface area contributed by atoms with E-state index in [0.717, 1.165) is 25.7 Å². The third-order valence-corrected chi connectivity index (χ3v) is 6.71. The van der Waals surface area contributed by atoms with Crippen LogP contribution in [0.3, 0.4) is 0 Å². The monoisotopic (exact) mass is 524 g/mol. The van der Waals surface area contributed by atoms with Crippen LogP contribution in [0.5, 0.6) is 0 Å². The minimum absolute atomic E-state index is 0.0119. The molecule has 2 saturated heterocycles. The Morgan fingerprint density at radius 1 is 0.656 bits per heavy atom. The smallest absolute Gasteiger partial charge is 0.373 e. The van der Waals surface area contributed by atoms with E-state index in [4.69, 9.17) is 9.47 Å². The highest BCUT2D eigenvalue weighted by Gasteiger charge is 2.48. The normalized spacial score (nSPS) is 27.2. The molecule has 0 N–H and O–H groups in total. The van der Waals surface area contributed by atoms with Crippen LogP contribution < -0.4 is 0 Å². The highest BCUT2D eigenvalue weighted by Crippen LogP contribution is 2.28. The van der Waals surface area contributed by atoms with Crippen LogP contribution in [-0.4, -0.2) is 65.5 Å². The number of rotatable bonds is 8. The standard InChI is InChI=1S/2C8H13F3O4S/c2*1-2-6-3-4-7(15-6)5-14-16(12,13)8(9,10)11/h2*6-7H,2-5H2,1H3/t6-,7+;6-,7-/m11/s1. The third-order valence-electron chi connectivity index (χ3n) is 4.69. The maximum Gasteiger partial charge on any atom is 0.523 e. The molecule has 2 aliphatic heterocycles. The van der Waals surface area contributed by atoms with E-state index in [1.54, 1.807) is 0 Å². The molecule has 16 heteroatoms. The fourth-order valence-corrected chi connectivity index (χ4v) is 3.80. The number of halogens is 6. The lowest BCUT2D eigenvalue weighted by molar-refractivity contribution is -0.0589. The van der Waals surface area contributed by atoms with Crippen LogP contribution in [-0.2, 0) is 38.1 Å². The number of ether oxygens (including phenoxy) is 2. The molecule has 8 nitrogen and oxygen atoms in total. The van der Waals surface area contributed by atoms with Crippen LogP contribution in [0.1, 0.15) is 52.4 Å². The van der Waals surface area contributed by atoms with Crippen molar-refractivity contribution in [3.8, 4) is 0 Å². The summed E-state index contributed by atoms with van der Waals surface area (Å²) in [5.41, 5.74) is -10.7. The van der Waals surface area contributed by atoms with E-state index >= 15 is 0 Å². The average Bonchev–Trinajstić information content (AvgIpc) is 3.32. The first-order valence-corrected chi connectivity index (χ1v) is 12.6. The quantitative estimate of drug-likeness (QED) is 0.269. The van der Waals surface area contributed by atoms with Gasteiger partial charge in [-0.05, 0) is 38.5 Å². The molecule has 32 heavy (non-hydrogen) atoms. The molecule has 2 heterocycles. The lowest BCUT2D eigenvalue weighted by Gasteiger charge is -2.13. The molecule has 4 atom stereocenters. The zero-order valence-electron chi connectivity index (χ0n) is 17.3. The van der Waals surface area contributed by atoms with Gasteiger partial charge in [0.1, 0.15) is 0 Å². The Balaban J connectivity index is 0.000000320. The van der Waals surface area contributed by atoms with E-state index in [2.05, 4.69) is 8.37 Å². The van der Waals surface area contributed by atoms with Crippen LogP contribution >= 0.6 is 0 Å². The molecule has 0 radical (unpaired) electrons. The van der Waals surface area contributed by atoms with Gasteiger partial charge >= 0.3 is 31.3 Å². The summed E-state index contributed by atoms with van der Waals surface area (Å²) < 4.78 is 132. The molecule has 2 aliphatic rings. The molecule has 0 aromatic heterocycles. The van der Waals surface area contributed by atoms with Crippen molar-refractivity contribution in [2.75, 3.05) is 13.2 Å². The minimum Gasteiger partial charge on any atom is -0.373 e.